The van der Waals surface area contributed by atoms with Crippen LogP contribution in [-0.2, 0) is 0 Å². The molecule has 0 saturated carbocycles. The second-order valence-electron chi connectivity index (χ2n) is 8.49. The van der Waals surface area contributed by atoms with E-state index in [1.807, 2.05) is 18.2 Å². The maximum Gasteiger partial charge on any atom is 0.161 e. The number of piperidine rings is 1. The molecule has 3 heterocycles. The third kappa shape index (κ3) is 4.47. The summed E-state index contributed by atoms with van der Waals surface area (Å²) in [6.07, 6.45) is 6.99. The third-order valence-electron chi connectivity index (χ3n) is 6.24. The number of hydrogen-bond donors (Lipinski definition) is 1. The van der Waals surface area contributed by atoms with Gasteiger partial charge in [-0.25, -0.2) is 9.97 Å². The first-order valence-electron chi connectivity index (χ1n) is 10.8. The first kappa shape index (κ1) is 20.0. The fourth-order valence-electron chi connectivity index (χ4n) is 4.51. The molecule has 0 aliphatic carbocycles. The lowest BCUT2D eigenvalue weighted by molar-refractivity contribution is 0.229. The largest absolute Gasteiger partial charge is 0.490 e. The Morgan fingerprint density at radius 2 is 1.86 bits per heavy atom. The van der Waals surface area contributed by atoms with Crippen LogP contribution < -0.4 is 20.1 Å². The van der Waals surface area contributed by atoms with E-state index in [9.17, 15) is 0 Å². The lowest BCUT2D eigenvalue weighted by Gasteiger charge is -2.41. The number of benzene rings is 1. The van der Waals surface area contributed by atoms with Gasteiger partial charge in [-0.2, -0.15) is 0 Å². The van der Waals surface area contributed by atoms with Crippen molar-refractivity contribution in [2.45, 2.75) is 51.5 Å². The van der Waals surface area contributed by atoms with E-state index < -0.39 is 0 Å². The lowest BCUT2D eigenvalue weighted by atomic mass is 9.77. The summed E-state index contributed by atoms with van der Waals surface area (Å²) in [7, 11) is 0. The Morgan fingerprint density at radius 3 is 2.62 bits per heavy atom. The van der Waals surface area contributed by atoms with Gasteiger partial charge in [-0.1, -0.05) is 13.3 Å². The first-order chi connectivity index (χ1) is 14.1. The zero-order valence-electron chi connectivity index (χ0n) is 17.6. The molecule has 0 radical (unpaired) electrons. The Kier molecular flexibility index (Phi) is 5.90. The van der Waals surface area contributed by atoms with Crippen molar-refractivity contribution >= 4 is 5.82 Å². The summed E-state index contributed by atoms with van der Waals surface area (Å²) in [5.74, 6) is 3.15. The molecule has 29 heavy (non-hydrogen) atoms. The SMILES string of the molecule is CCCC(C)(N)C1CCN(c2cc(-c3ccc4c(c3)OCCCO4)ncn2)CC1. The Morgan fingerprint density at radius 1 is 1.10 bits per heavy atom. The van der Waals surface area contributed by atoms with Gasteiger partial charge in [0.25, 0.3) is 0 Å². The van der Waals surface area contributed by atoms with Crippen LogP contribution in [0.15, 0.2) is 30.6 Å². The minimum Gasteiger partial charge on any atom is -0.490 e. The average Bonchev–Trinajstić information content (AvgIpc) is 2.99. The van der Waals surface area contributed by atoms with Gasteiger partial charge in [0.05, 0.1) is 18.9 Å². The number of fused-ring (bicyclic) bond motifs is 1. The average molecular weight is 397 g/mol. The summed E-state index contributed by atoms with van der Waals surface area (Å²) in [5, 5.41) is 0. The summed E-state index contributed by atoms with van der Waals surface area (Å²) >= 11 is 0. The van der Waals surface area contributed by atoms with E-state index in [1.165, 1.54) is 0 Å². The summed E-state index contributed by atoms with van der Waals surface area (Å²) in [6, 6.07) is 8.10. The van der Waals surface area contributed by atoms with Crippen molar-refractivity contribution in [1.82, 2.24) is 9.97 Å². The lowest BCUT2D eigenvalue weighted by Crippen LogP contribution is -2.49. The number of aromatic nitrogens is 2. The first-order valence-corrected chi connectivity index (χ1v) is 10.8. The van der Waals surface area contributed by atoms with Crippen LogP contribution in [0, 0.1) is 5.92 Å². The van der Waals surface area contributed by atoms with Crippen molar-refractivity contribution in [3.63, 3.8) is 0 Å². The van der Waals surface area contributed by atoms with Crippen LogP contribution in [-0.4, -0.2) is 41.8 Å². The van der Waals surface area contributed by atoms with Crippen LogP contribution in [0.4, 0.5) is 5.82 Å². The predicted octanol–water partition coefficient (Wildman–Crippen LogP) is 4.04. The van der Waals surface area contributed by atoms with E-state index in [0.29, 0.717) is 19.1 Å². The van der Waals surface area contributed by atoms with Crippen LogP contribution in [0.3, 0.4) is 0 Å². The van der Waals surface area contributed by atoms with Crippen LogP contribution in [0.2, 0.25) is 0 Å². The van der Waals surface area contributed by atoms with Gasteiger partial charge in [0.1, 0.15) is 12.1 Å². The van der Waals surface area contributed by atoms with E-state index in [2.05, 4.69) is 34.8 Å². The van der Waals surface area contributed by atoms with Crippen molar-refractivity contribution in [3.05, 3.63) is 30.6 Å². The highest BCUT2D eigenvalue weighted by Gasteiger charge is 2.32. The van der Waals surface area contributed by atoms with Crippen molar-refractivity contribution in [1.29, 1.82) is 0 Å². The van der Waals surface area contributed by atoms with Crippen molar-refractivity contribution in [2.24, 2.45) is 11.7 Å². The maximum atomic E-state index is 6.59. The van der Waals surface area contributed by atoms with Gasteiger partial charge in [-0.05, 0) is 50.3 Å². The van der Waals surface area contributed by atoms with Crippen LogP contribution >= 0.6 is 0 Å². The fourth-order valence-corrected chi connectivity index (χ4v) is 4.51. The molecule has 0 bridgehead atoms. The monoisotopic (exact) mass is 396 g/mol. The molecule has 4 rings (SSSR count). The zero-order valence-corrected chi connectivity index (χ0v) is 17.6. The molecule has 2 aromatic rings. The fraction of sp³-hybridized carbons (Fsp3) is 0.565. The molecular weight excluding hydrogens is 364 g/mol. The molecule has 6 heteroatoms. The minimum atomic E-state index is -0.0679. The molecule has 2 aliphatic rings. The molecule has 156 valence electrons. The molecule has 6 nitrogen and oxygen atoms in total. The summed E-state index contributed by atoms with van der Waals surface area (Å²) < 4.78 is 11.6. The van der Waals surface area contributed by atoms with Crippen molar-refractivity contribution < 1.29 is 9.47 Å². The summed E-state index contributed by atoms with van der Waals surface area (Å²) in [5.41, 5.74) is 8.44. The summed E-state index contributed by atoms with van der Waals surface area (Å²) in [4.78, 5) is 11.4. The van der Waals surface area contributed by atoms with Gasteiger partial charge in [0.2, 0.25) is 0 Å². The second kappa shape index (κ2) is 8.57. The quantitative estimate of drug-likeness (QED) is 0.822. The van der Waals surface area contributed by atoms with Gasteiger partial charge < -0.3 is 20.1 Å². The van der Waals surface area contributed by atoms with Crippen molar-refractivity contribution in [3.8, 4) is 22.8 Å². The van der Waals surface area contributed by atoms with Crippen LogP contribution in [0.5, 0.6) is 11.5 Å². The Bertz CT molecular complexity index is 831. The van der Waals surface area contributed by atoms with E-state index in [0.717, 1.165) is 73.8 Å². The molecule has 1 aromatic carbocycles. The topological polar surface area (TPSA) is 73.5 Å². The molecule has 1 atom stereocenters. The van der Waals surface area contributed by atoms with Gasteiger partial charge in [-0.15, -0.1) is 0 Å². The number of ether oxygens (including phenoxy) is 2. The molecule has 2 aliphatic heterocycles. The Balaban J connectivity index is 1.48. The van der Waals surface area contributed by atoms with Gasteiger partial charge in [-0.3, -0.25) is 0 Å². The molecule has 1 aromatic heterocycles. The molecule has 1 saturated heterocycles. The van der Waals surface area contributed by atoms with Gasteiger partial charge in [0.15, 0.2) is 11.5 Å². The van der Waals surface area contributed by atoms with Gasteiger partial charge in [0, 0.05) is 36.7 Å². The highest BCUT2D eigenvalue weighted by atomic mass is 16.5. The van der Waals surface area contributed by atoms with E-state index in [-0.39, 0.29) is 5.54 Å². The van der Waals surface area contributed by atoms with Gasteiger partial charge >= 0.3 is 0 Å². The van der Waals surface area contributed by atoms with E-state index in [1.54, 1.807) is 6.33 Å². The van der Waals surface area contributed by atoms with Crippen molar-refractivity contribution in [2.75, 3.05) is 31.2 Å². The molecule has 0 spiro atoms. The number of hydrogen-bond acceptors (Lipinski definition) is 6. The number of nitrogens with two attached hydrogens (primary N) is 1. The number of nitrogens with zero attached hydrogens (tertiary/aromatic N) is 3. The Labute approximate surface area is 173 Å². The smallest absolute Gasteiger partial charge is 0.161 e. The number of rotatable bonds is 5. The van der Waals surface area contributed by atoms with Crippen LogP contribution in [0.1, 0.15) is 46.0 Å². The Hall–Kier alpha value is -2.34. The third-order valence-corrected chi connectivity index (χ3v) is 6.24. The molecule has 2 N–H and O–H groups in total. The molecule has 0 amide bonds. The van der Waals surface area contributed by atoms with E-state index >= 15 is 0 Å². The molecular formula is C23H32N4O2. The van der Waals surface area contributed by atoms with E-state index in [4.69, 9.17) is 15.2 Å². The second-order valence-corrected chi connectivity index (χ2v) is 8.49. The highest BCUT2D eigenvalue weighted by molar-refractivity contribution is 5.66. The maximum absolute atomic E-state index is 6.59. The standard InChI is InChI=1S/C23H32N4O2/c1-3-9-23(2,24)18-7-10-27(11-8-18)22-15-19(25-16-26-22)17-5-6-20-21(14-17)29-13-4-12-28-20/h5-6,14-16,18H,3-4,7-13,24H2,1-2H3. The predicted molar refractivity (Wildman–Crippen MR) is 116 cm³/mol. The molecule has 1 unspecified atom stereocenters. The molecule has 1 fully saturated rings. The zero-order chi connectivity index (χ0) is 20.3. The highest BCUT2D eigenvalue weighted by Crippen LogP contribution is 2.35. The van der Waals surface area contributed by atoms with Crippen LogP contribution in [0.25, 0.3) is 11.3 Å². The normalized spacial score (nSPS) is 19.5. The minimum absolute atomic E-state index is 0.0679. The summed E-state index contributed by atoms with van der Waals surface area (Å²) in [6.45, 7) is 7.77. The number of anilines is 1.